The summed E-state index contributed by atoms with van der Waals surface area (Å²) in [7, 11) is 3.14. The molecule has 0 saturated carbocycles. The first kappa shape index (κ1) is 23.5. The van der Waals surface area contributed by atoms with E-state index in [2.05, 4.69) is 29.5 Å². The van der Waals surface area contributed by atoms with Gasteiger partial charge in [-0.1, -0.05) is 26.0 Å². The number of rotatable bonds is 5. The van der Waals surface area contributed by atoms with E-state index in [-0.39, 0.29) is 17.1 Å². The third-order valence-corrected chi connectivity index (χ3v) is 6.39. The second-order valence-corrected chi connectivity index (χ2v) is 9.69. The lowest BCUT2D eigenvalue weighted by Gasteiger charge is -2.40. The van der Waals surface area contributed by atoms with Crippen LogP contribution in [-0.2, 0) is 9.59 Å². The maximum Gasteiger partial charge on any atom is 0.255 e. The highest BCUT2D eigenvalue weighted by Gasteiger charge is 2.43. The zero-order valence-corrected chi connectivity index (χ0v) is 20.5. The first-order valence-electron chi connectivity index (χ1n) is 11.3. The predicted molar refractivity (Wildman–Crippen MR) is 131 cm³/mol. The highest BCUT2D eigenvalue weighted by Crippen LogP contribution is 2.50. The van der Waals surface area contributed by atoms with Crippen molar-refractivity contribution in [1.29, 1.82) is 0 Å². The summed E-state index contributed by atoms with van der Waals surface area (Å²) >= 11 is 0. The Morgan fingerprint density at radius 3 is 2.59 bits per heavy atom. The largest absolute Gasteiger partial charge is 0.493 e. The van der Waals surface area contributed by atoms with Crippen molar-refractivity contribution >= 4 is 17.5 Å². The van der Waals surface area contributed by atoms with Crippen LogP contribution in [0.4, 0.5) is 5.82 Å². The third kappa shape index (κ3) is 4.30. The molecule has 2 aromatic rings. The second-order valence-electron chi connectivity index (χ2n) is 9.69. The number of ether oxygens (including phenoxy) is 2. The van der Waals surface area contributed by atoms with Crippen LogP contribution in [0, 0.1) is 12.3 Å². The molecule has 0 radical (unpaired) electrons. The maximum absolute atomic E-state index is 13.7. The number of anilines is 1. The molecule has 1 aliphatic heterocycles. The summed E-state index contributed by atoms with van der Waals surface area (Å²) in [4.78, 5) is 31.5. The van der Waals surface area contributed by atoms with Crippen molar-refractivity contribution in [3.63, 3.8) is 0 Å². The molecular formula is C27H31N3O4. The molecule has 0 bridgehead atoms. The van der Waals surface area contributed by atoms with Gasteiger partial charge in [0.1, 0.15) is 5.82 Å². The number of aromatic nitrogens is 1. The molecular weight excluding hydrogens is 430 g/mol. The fraction of sp³-hybridized carbons (Fsp3) is 0.370. The standard InChI is InChI=1S/C27H31N3O4/c1-15-10-11-28-21(12-15)30-26(32)22-16(2)29-18-13-27(3,4)14-19(31)24(18)23(22)17-8-7-9-20(33-5)25(17)34-6/h7-12,23,29H,13-14H2,1-6H3,(H,28,30,32). The van der Waals surface area contributed by atoms with Gasteiger partial charge in [-0.2, -0.15) is 0 Å². The van der Waals surface area contributed by atoms with E-state index in [9.17, 15) is 9.59 Å². The van der Waals surface area contributed by atoms with E-state index in [0.717, 1.165) is 11.3 Å². The van der Waals surface area contributed by atoms with E-state index in [4.69, 9.17) is 9.47 Å². The highest BCUT2D eigenvalue weighted by molar-refractivity contribution is 6.09. The number of methoxy groups -OCH3 is 2. The van der Waals surface area contributed by atoms with Crippen molar-refractivity contribution in [1.82, 2.24) is 10.3 Å². The lowest BCUT2D eigenvalue weighted by Crippen LogP contribution is -2.39. The summed E-state index contributed by atoms with van der Waals surface area (Å²) in [6.45, 7) is 7.98. The quantitative estimate of drug-likeness (QED) is 0.674. The van der Waals surface area contributed by atoms with Gasteiger partial charge < -0.3 is 20.1 Å². The molecule has 2 N–H and O–H groups in total. The number of nitrogens with one attached hydrogen (secondary N) is 2. The number of nitrogens with zero attached hydrogens (tertiary/aromatic N) is 1. The molecule has 1 aliphatic carbocycles. The van der Waals surface area contributed by atoms with E-state index < -0.39 is 5.92 Å². The Kier molecular flexibility index (Phi) is 6.21. The van der Waals surface area contributed by atoms with Crippen LogP contribution in [0.25, 0.3) is 0 Å². The van der Waals surface area contributed by atoms with Gasteiger partial charge in [0, 0.05) is 40.7 Å². The van der Waals surface area contributed by atoms with E-state index in [1.165, 1.54) is 0 Å². The zero-order valence-electron chi connectivity index (χ0n) is 20.5. The minimum Gasteiger partial charge on any atom is -0.493 e. The highest BCUT2D eigenvalue weighted by atomic mass is 16.5. The number of hydrogen-bond acceptors (Lipinski definition) is 6. The van der Waals surface area contributed by atoms with Gasteiger partial charge in [-0.15, -0.1) is 0 Å². The number of para-hydroxylation sites is 1. The number of benzene rings is 1. The molecule has 7 heteroatoms. The number of carbonyl (C=O) groups excluding carboxylic acids is 2. The Morgan fingerprint density at radius 1 is 1.15 bits per heavy atom. The van der Waals surface area contributed by atoms with Gasteiger partial charge in [0.05, 0.1) is 20.1 Å². The Hall–Kier alpha value is -3.61. The molecule has 4 rings (SSSR count). The van der Waals surface area contributed by atoms with Crippen molar-refractivity contribution in [2.75, 3.05) is 19.5 Å². The number of hydrogen-bond donors (Lipinski definition) is 2. The molecule has 0 spiro atoms. The number of pyridine rings is 1. The van der Waals surface area contributed by atoms with Gasteiger partial charge in [0.25, 0.3) is 5.91 Å². The first-order valence-corrected chi connectivity index (χ1v) is 11.3. The number of ketones is 1. The van der Waals surface area contributed by atoms with Crippen molar-refractivity contribution in [3.05, 3.63) is 70.2 Å². The number of dihydropyridines is 1. The summed E-state index contributed by atoms with van der Waals surface area (Å²) in [5.74, 6) is 0.615. The minimum absolute atomic E-state index is 0.0279. The van der Waals surface area contributed by atoms with E-state index in [1.54, 1.807) is 26.5 Å². The number of carbonyl (C=O) groups is 2. The van der Waals surface area contributed by atoms with Crippen LogP contribution in [0.2, 0.25) is 0 Å². The maximum atomic E-state index is 13.7. The molecule has 2 heterocycles. The summed E-state index contributed by atoms with van der Waals surface area (Å²) in [5.41, 5.74) is 4.16. The van der Waals surface area contributed by atoms with Crippen LogP contribution in [0.1, 0.15) is 50.7 Å². The molecule has 1 aromatic heterocycles. The van der Waals surface area contributed by atoms with Gasteiger partial charge in [-0.25, -0.2) is 4.98 Å². The third-order valence-electron chi connectivity index (χ3n) is 6.39. The summed E-state index contributed by atoms with van der Waals surface area (Å²) in [6.07, 6.45) is 2.77. The fourth-order valence-corrected chi connectivity index (χ4v) is 4.98. The Morgan fingerprint density at radius 2 is 1.91 bits per heavy atom. The van der Waals surface area contributed by atoms with Crippen molar-refractivity contribution < 1.29 is 19.1 Å². The van der Waals surface area contributed by atoms with Crippen molar-refractivity contribution in [2.45, 2.75) is 46.5 Å². The van der Waals surface area contributed by atoms with Crippen LogP contribution in [0.3, 0.4) is 0 Å². The van der Waals surface area contributed by atoms with E-state index in [1.807, 2.05) is 38.1 Å². The first-order chi connectivity index (χ1) is 16.1. The molecule has 1 unspecified atom stereocenters. The molecule has 7 nitrogen and oxygen atoms in total. The van der Waals surface area contributed by atoms with Gasteiger partial charge in [0.15, 0.2) is 17.3 Å². The Bertz CT molecular complexity index is 1230. The van der Waals surface area contributed by atoms with Gasteiger partial charge in [-0.3, -0.25) is 9.59 Å². The molecule has 178 valence electrons. The van der Waals surface area contributed by atoms with Crippen LogP contribution in [0.15, 0.2) is 59.1 Å². The SMILES string of the molecule is COc1cccc(C2C(C(=O)Nc3cc(C)ccn3)=C(C)NC3=C2C(=O)CC(C)(C)C3)c1OC. The van der Waals surface area contributed by atoms with E-state index in [0.29, 0.717) is 52.6 Å². The molecule has 0 fully saturated rings. The second kappa shape index (κ2) is 8.97. The lowest BCUT2D eigenvalue weighted by atomic mass is 9.68. The summed E-state index contributed by atoms with van der Waals surface area (Å²) in [6, 6.07) is 9.22. The molecule has 0 saturated heterocycles. The van der Waals surface area contributed by atoms with Crippen molar-refractivity contribution in [3.8, 4) is 11.5 Å². The molecule has 1 aromatic carbocycles. The van der Waals surface area contributed by atoms with Gasteiger partial charge >= 0.3 is 0 Å². The summed E-state index contributed by atoms with van der Waals surface area (Å²) < 4.78 is 11.3. The average Bonchev–Trinajstić information content (AvgIpc) is 2.76. The Labute approximate surface area is 200 Å². The van der Waals surface area contributed by atoms with Gasteiger partial charge in [0.2, 0.25) is 0 Å². The fourth-order valence-electron chi connectivity index (χ4n) is 4.98. The van der Waals surface area contributed by atoms with Crippen LogP contribution in [0.5, 0.6) is 11.5 Å². The zero-order chi connectivity index (χ0) is 24.6. The number of aryl methyl sites for hydroxylation is 1. The average molecular weight is 462 g/mol. The van der Waals surface area contributed by atoms with Gasteiger partial charge in [-0.05, 0) is 49.4 Å². The molecule has 34 heavy (non-hydrogen) atoms. The lowest BCUT2D eigenvalue weighted by molar-refractivity contribution is -0.118. The molecule has 2 aliphatic rings. The normalized spacial score (nSPS) is 19.4. The van der Waals surface area contributed by atoms with E-state index >= 15 is 0 Å². The number of Topliss-reactive ketones (excluding diaryl/α,β-unsaturated/α-hetero) is 1. The monoisotopic (exact) mass is 461 g/mol. The number of amides is 1. The predicted octanol–water partition coefficient (Wildman–Crippen LogP) is 4.65. The number of allylic oxidation sites excluding steroid dienone is 3. The van der Waals surface area contributed by atoms with Crippen LogP contribution >= 0.6 is 0 Å². The Balaban J connectivity index is 1.89. The molecule has 1 atom stereocenters. The van der Waals surface area contributed by atoms with Crippen molar-refractivity contribution in [2.24, 2.45) is 5.41 Å². The minimum atomic E-state index is -0.602. The topological polar surface area (TPSA) is 89.5 Å². The molecule has 1 amide bonds. The van der Waals surface area contributed by atoms with Crippen LogP contribution < -0.4 is 20.1 Å². The summed E-state index contributed by atoms with van der Waals surface area (Å²) in [5, 5.41) is 6.30. The smallest absolute Gasteiger partial charge is 0.255 e. The van der Waals surface area contributed by atoms with Crippen LogP contribution in [-0.4, -0.2) is 30.9 Å².